The van der Waals surface area contributed by atoms with Crippen LogP contribution in [0.4, 0.5) is 0 Å². The highest BCUT2D eigenvalue weighted by molar-refractivity contribution is 6.17. The van der Waals surface area contributed by atoms with E-state index in [0.717, 1.165) is 49.5 Å². The second kappa shape index (κ2) is 6.42. The number of alkyl halides is 1. The highest BCUT2D eigenvalue weighted by Crippen LogP contribution is 2.36. The second-order valence-corrected chi connectivity index (χ2v) is 5.95. The Balaban J connectivity index is 1.71. The van der Waals surface area contributed by atoms with Gasteiger partial charge in [-0.2, -0.15) is 0 Å². The van der Waals surface area contributed by atoms with Crippen LogP contribution in [0.25, 0.3) is 0 Å². The van der Waals surface area contributed by atoms with Gasteiger partial charge in [-0.1, -0.05) is 6.07 Å². The maximum atomic E-state index is 6.16. The molecule has 0 bridgehead atoms. The molecule has 116 valence electrons. The van der Waals surface area contributed by atoms with E-state index >= 15 is 0 Å². The van der Waals surface area contributed by atoms with Crippen LogP contribution in [0.3, 0.4) is 0 Å². The van der Waals surface area contributed by atoms with E-state index in [1.165, 1.54) is 0 Å². The molecule has 2 unspecified atom stereocenters. The fourth-order valence-electron chi connectivity index (χ4n) is 3.02. The van der Waals surface area contributed by atoms with Gasteiger partial charge in [0.25, 0.3) is 0 Å². The predicted octanol–water partition coefficient (Wildman–Crippen LogP) is 3.15. The van der Waals surface area contributed by atoms with Gasteiger partial charge in [-0.3, -0.25) is 0 Å². The topological polar surface area (TPSA) is 36.9 Å². The molecule has 3 rings (SSSR count). The lowest BCUT2D eigenvalue weighted by Gasteiger charge is -2.37. The number of methoxy groups -OCH3 is 1. The van der Waals surface area contributed by atoms with Crippen molar-refractivity contribution in [1.29, 1.82) is 0 Å². The Morgan fingerprint density at radius 3 is 2.95 bits per heavy atom. The smallest absolute Gasteiger partial charge is 0.161 e. The third-order valence-corrected chi connectivity index (χ3v) is 4.50. The van der Waals surface area contributed by atoms with Crippen molar-refractivity contribution >= 4 is 11.6 Å². The summed E-state index contributed by atoms with van der Waals surface area (Å²) < 4.78 is 23.0. The molecule has 0 aliphatic carbocycles. The molecule has 0 N–H and O–H groups in total. The third kappa shape index (κ3) is 3.28. The lowest BCUT2D eigenvalue weighted by molar-refractivity contribution is -0.112. The van der Waals surface area contributed by atoms with Gasteiger partial charge in [0, 0.05) is 31.7 Å². The highest BCUT2D eigenvalue weighted by atomic mass is 35.5. The molecule has 0 radical (unpaired) electrons. The van der Waals surface area contributed by atoms with Crippen LogP contribution in [-0.2, 0) is 15.4 Å². The molecule has 0 aromatic heterocycles. The Morgan fingerprint density at radius 1 is 1.33 bits per heavy atom. The summed E-state index contributed by atoms with van der Waals surface area (Å²) in [6.07, 6.45) is 2.85. The summed E-state index contributed by atoms with van der Waals surface area (Å²) in [6, 6.07) is 5.83. The summed E-state index contributed by atoms with van der Waals surface area (Å²) in [5.74, 6) is 1.97. The van der Waals surface area contributed by atoms with E-state index in [2.05, 4.69) is 0 Å². The van der Waals surface area contributed by atoms with Gasteiger partial charge >= 0.3 is 0 Å². The predicted molar refractivity (Wildman–Crippen MR) is 80.3 cm³/mol. The molecule has 4 nitrogen and oxygen atoms in total. The Kier molecular flexibility index (Phi) is 4.57. The zero-order chi connectivity index (χ0) is 14.7. The van der Waals surface area contributed by atoms with Crippen molar-refractivity contribution < 1.29 is 18.9 Å². The molecule has 21 heavy (non-hydrogen) atoms. The summed E-state index contributed by atoms with van der Waals surface area (Å²) in [5.41, 5.74) is 0.875. The van der Waals surface area contributed by atoms with Crippen LogP contribution in [0.1, 0.15) is 24.8 Å². The Hall–Kier alpha value is -0.970. The van der Waals surface area contributed by atoms with Crippen LogP contribution in [0.15, 0.2) is 18.2 Å². The number of hydrogen-bond donors (Lipinski definition) is 0. The minimum Gasteiger partial charge on any atom is -0.493 e. The monoisotopic (exact) mass is 312 g/mol. The van der Waals surface area contributed by atoms with Crippen LogP contribution in [0.5, 0.6) is 11.5 Å². The first-order chi connectivity index (χ1) is 10.2. The van der Waals surface area contributed by atoms with Gasteiger partial charge in [0.15, 0.2) is 11.5 Å². The van der Waals surface area contributed by atoms with Gasteiger partial charge in [-0.15, -0.1) is 11.6 Å². The van der Waals surface area contributed by atoms with Crippen LogP contribution in [-0.4, -0.2) is 38.6 Å². The summed E-state index contributed by atoms with van der Waals surface area (Å²) in [4.78, 5) is 0. The third-order valence-electron chi connectivity index (χ3n) is 4.19. The average Bonchev–Trinajstić information content (AvgIpc) is 2.95. The van der Waals surface area contributed by atoms with Crippen molar-refractivity contribution in [3.63, 3.8) is 0 Å². The normalized spacial score (nSPS) is 28.8. The van der Waals surface area contributed by atoms with Crippen molar-refractivity contribution in [2.24, 2.45) is 0 Å². The van der Waals surface area contributed by atoms with Gasteiger partial charge in [-0.05, 0) is 17.7 Å². The number of halogens is 1. The highest BCUT2D eigenvalue weighted by Gasteiger charge is 2.42. The molecule has 2 fully saturated rings. The number of ether oxygens (including phenoxy) is 4. The number of benzene rings is 1. The van der Waals surface area contributed by atoms with Gasteiger partial charge in [0.1, 0.15) is 6.10 Å². The first-order valence-corrected chi connectivity index (χ1v) is 7.89. The number of rotatable bonds is 4. The van der Waals surface area contributed by atoms with Crippen molar-refractivity contribution in [2.45, 2.75) is 36.8 Å². The van der Waals surface area contributed by atoms with Crippen molar-refractivity contribution in [3.05, 3.63) is 23.8 Å². The molecular weight excluding hydrogens is 292 g/mol. The minimum absolute atomic E-state index is 0.135. The fraction of sp³-hybridized carbons (Fsp3) is 0.625. The molecule has 5 heteroatoms. The van der Waals surface area contributed by atoms with E-state index < -0.39 is 0 Å². The first kappa shape index (κ1) is 14.9. The minimum atomic E-state index is -0.147. The largest absolute Gasteiger partial charge is 0.493 e. The average molecular weight is 313 g/mol. The zero-order valence-corrected chi connectivity index (χ0v) is 13.0. The molecule has 1 aromatic carbocycles. The molecule has 1 aromatic rings. The van der Waals surface area contributed by atoms with Gasteiger partial charge < -0.3 is 18.9 Å². The van der Waals surface area contributed by atoms with E-state index in [1.54, 1.807) is 7.11 Å². The molecule has 2 aliphatic heterocycles. The molecule has 2 heterocycles. The van der Waals surface area contributed by atoms with Crippen LogP contribution in [0, 0.1) is 0 Å². The lowest BCUT2D eigenvalue weighted by atomic mass is 9.91. The summed E-state index contributed by atoms with van der Waals surface area (Å²) in [6.45, 7) is 2.17. The van der Waals surface area contributed by atoms with Crippen LogP contribution in [0.2, 0.25) is 0 Å². The second-order valence-electron chi connectivity index (χ2n) is 5.69. The quantitative estimate of drug-likeness (QED) is 0.800. The molecule has 2 aliphatic rings. The van der Waals surface area contributed by atoms with Crippen molar-refractivity contribution in [3.8, 4) is 11.5 Å². The summed E-state index contributed by atoms with van der Waals surface area (Å²) >= 11 is 5.86. The number of hydrogen-bond acceptors (Lipinski definition) is 4. The summed E-state index contributed by atoms with van der Waals surface area (Å²) in [7, 11) is 1.65. The van der Waals surface area contributed by atoms with Crippen LogP contribution >= 0.6 is 11.6 Å². The molecule has 1 spiro atoms. The van der Waals surface area contributed by atoms with E-state index in [-0.39, 0.29) is 11.7 Å². The molecule has 2 saturated heterocycles. The maximum Gasteiger partial charge on any atom is 0.161 e. The molecule has 2 atom stereocenters. The maximum absolute atomic E-state index is 6.16. The Labute approximate surface area is 130 Å². The fourth-order valence-corrected chi connectivity index (χ4v) is 3.18. The van der Waals surface area contributed by atoms with Crippen LogP contribution < -0.4 is 9.47 Å². The molecule has 0 saturated carbocycles. The van der Waals surface area contributed by atoms with Gasteiger partial charge in [-0.25, -0.2) is 0 Å². The Bertz CT molecular complexity index is 485. The first-order valence-electron chi connectivity index (χ1n) is 7.36. The Morgan fingerprint density at radius 2 is 2.24 bits per heavy atom. The van der Waals surface area contributed by atoms with Gasteiger partial charge in [0.2, 0.25) is 0 Å². The standard InChI is InChI=1S/C16H21ClO4/c1-18-15-8-12(10-17)2-3-14(15)21-13-4-6-20-16(9-13)5-7-19-11-16/h2-3,8,13H,4-7,9-11H2,1H3. The van der Waals surface area contributed by atoms with Gasteiger partial charge in [0.05, 0.1) is 25.9 Å². The van der Waals surface area contributed by atoms with E-state index in [4.69, 9.17) is 30.5 Å². The van der Waals surface area contributed by atoms with Crippen molar-refractivity contribution in [2.75, 3.05) is 26.9 Å². The molecule has 0 amide bonds. The van der Waals surface area contributed by atoms with Crippen molar-refractivity contribution in [1.82, 2.24) is 0 Å². The van der Waals surface area contributed by atoms with E-state index in [1.807, 2.05) is 18.2 Å². The summed E-state index contributed by atoms with van der Waals surface area (Å²) in [5, 5.41) is 0. The van der Waals surface area contributed by atoms with E-state index in [0.29, 0.717) is 12.5 Å². The lowest BCUT2D eigenvalue weighted by Crippen LogP contribution is -2.44. The SMILES string of the molecule is COc1cc(CCl)ccc1OC1CCOC2(CCOC2)C1. The van der Waals surface area contributed by atoms with E-state index in [9.17, 15) is 0 Å². The zero-order valence-electron chi connectivity index (χ0n) is 12.3. The molecular formula is C16H21ClO4.